The summed E-state index contributed by atoms with van der Waals surface area (Å²) in [6.45, 7) is 7.17. The van der Waals surface area contributed by atoms with Crippen molar-refractivity contribution < 1.29 is 24.2 Å². The van der Waals surface area contributed by atoms with Crippen LogP contribution < -0.4 is 5.32 Å². The molecule has 1 aliphatic rings. The fraction of sp³-hybridized carbons (Fsp3) is 0.769. The van der Waals surface area contributed by atoms with Crippen LogP contribution in [-0.2, 0) is 14.3 Å². The first kappa shape index (κ1) is 17.6. The Hall–Kier alpha value is -1.44. The molecule has 0 aliphatic carbocycles. The second-order valence-corrected chi connectivity index (χ2v) is 7.12. The first-order valence-corrected chi connectivity index (χ1v) is 7.79. The van der Waals surface area contributed by atoms with Crippen molar-refractivity contribution in [3.8, 4) is 0 Å². The Balaban J connectivity index is 2.65. The summed E-state index contributed by atoms with van der Waals surface area (Å²) in [5.74, 6) is -0.855. The van der Waals surface area contributed by atoms with Gasteiger partial charge in [0, 0.05) is 12.3 Å². The van der Waals surface area contributed by atoms with Crippen molar-refractivity contribution in [2.45, 2.75) is 51.1 Å². The summed E-state index contributed by atoms with van der Waals surface area (Å²) in [6, 6.07) is -0.631. The average molecular weight is 318 g/mol. The molecule has 7 nitrogen and oxygen atoms in total. The molecule has 21 heavy (non-hydrogen) atoms. The molecule has 0 aromatic rings. The zero-order valence-electron chi connectivity index (χ0n) is 12.7. The maximum Gasteiger partial charge on any atom is 0.411 e. The van der Waals surface area contributed by atoms with E-state index in [1.807, 2.05) is 6.92 Å². The second-order valence-electron chi connectivity index (χ2n) is 5.77. The third kappa shape index (κ3) is 5.45. The van der Waals surface area contributed by atoms with Crippen molar-refractivity contribution in [3.05, 3.63) is 0 Å². The predicted molar refractivity (Wildman–Crippen MR) is 79.0 cm³/mol. The molecule has 0 spiro atoms. The van der Waals surface area contributed by atoms with Crippen molar-refractivity contribution in [2.24, 2.45) is 0 Å². The highest BCUT2D eigenvalue weighted by molar-refractivity contribution is 8.00. The van der Waals surface area contributed by atoms with E-state index >= 15 is 0 Å². The van der Waals surface area contributed by atoms with E-state index in [0.717, 1.165) is 0 Å². The number of nitrogens with one attached hydrogen (secondary N) is 1. The van der Waals surface area contributed by atoms with Crippen LogP contribution in [0.1, 0.15) is 34.1 Å². The average Bonchev–Trinajstić information content (AvgIpc) is 2.68. The molecule has 0 saturated carbocycles. The van der Waals surface area contributed by atoms with Gasteiger partial charge in [-0.05, 0) is 27.7 Å². The van der Waals surface area contributed by atoms with Gasteiger partial charge in [-0.2, -0.15) is 0 Å². The topological polar surface area (TPSA) is 95.9 Å². The Morgan fingerprint density at radius 3 is 2.52 bits per heavy atom. The highest BCUT2D eigenvalue weighted by Crippen LogP contribution is 2.30. The molecular formula is C13H22N2O5S. The Labute approximate surface area is 128 Å². The van der Waals surface area contributed by atoms with E-state index in [2.05, 4.69) is 5.32 Å². The molecule has 120 valence electrons. The quantitative estimate of drug-likeness (QED) is 0.810. The molecule has 1 fully saturated rings. The van der Waals surface area contributed by atoms with Crippen LogP contribution in [-0.4, -0.2) is 57.3 Å². The standard InChI is InChI=1S/C13H22N2O5S/c1-8-15(12(19)20-13(2,3)4)9(7-21-8)11(18)14-6-5-10(16)17/h8-9H,5-7H2,1-4H3,(H,14,18)(H,16,17). The Morgan fingerprint density at radius 2 is 2.00 bits per heavy atom. The van der Waals surface area contributed by atoms with Gasteiger partial charge in [0.1, 0.15) is 11.6 Å². The van der Waals surface area contributed by atoms with Crippen LogP contribution in [0.25, 0.3) is 0 Å². The molecule has 1 rings (SSSR count). The molecular weight excluding hydrogens is 296 g/mol. The van der Waals surface area contributed by atoms with Crippen LogP contribution in [0, 0.1) is 0 Å². The zero-order chi connectivity index (χ0) is 16.2. The van der Waals surface area contributed by atoms with Gasteiger partial charge in [0.2, 0.25) is 5.91 Å². The number of carboxylic acids is 1. The van der Waals surface area contributed by atoms with Gasteiger partial charge in [0.25, 0.3) is 0 Å². The molecule has 0 bridgehead atoms. The monoisotopic (exact) mass is 318 g/mol. The number of nitrogens with zero attached hydrogens (tertiary/aromatic N) is 1. The van der Waals surface area contributed by atoms with E-state index in [9.17, 15) is 14.4 Å². The van der Waals surface area contributed by atoms with Crippen molar-refractivity contribution in [1.82, 2.24) is 10.2 Å². The first-order valence-electron chi connectivity index (χ1n) is 6.74. The van der Waals surface area contributed by atoms with E-state index in [1.54, 1.807) is 20.8 Å². The van der Waals surface area contributed by atoms with Gasteiger partial charge < -0.3 is 15.2 Å². The van der Waals surface area contributed by atoms with Crippen molar-refractivity contribution in [1.29, 1.82) is 0 Å². The van der Waals surface area contributed by atoms with E-state index in [0.29, 0.717) is 5.75 Å². The second kappa shape index (κ2) is 7.02. The number of carboxylic acid groups (broad SMARTS) is 1. The number of thioether (sulfide) groups is 1. The lowest BCUT2D eigenvalue weighted by atomic mass is 10.2. The Bertz CT molecular complexity index is 421. The van der Waals surface area contributed by atoms with Crippen LogP contribution in [0.15, 0.2) is 0 Å². The fourth-order valence-electron chi connectivity index (χ4n) is 1.85. The van der Waals surface area contributed by atoms with Crippen molar-refractivity contribution in [3.63, 3.8) is 0 Å². The maximum atomic E-state index is 12.2. The Morgan fingerprint density at radius 1 is 1.38 bits per heavy atom. The summed E-state index contributed by atoms with van der Waals surface area (Å²) >= 11 is 1.48. The normalized spacial score (nSPS) is 22.0. The molecule has 0 radical (unpaired) electrons. The molecule has 2 atom stereocenters. The SMILES string of the molecule is CC1SCC(C(=O)NCCC(=O)O)N1C(=O)OC(C)(C)C. The summed E-state index contributed by atoms with van der Waals surface area (Å²) in [4.78, 5) is 36.1. The molecule has 2 amide bonds. The lowest BCUT2D eigenvalue weighted by molar-refractivity contribution is -0.137. The van der Waals surface area contributed by atoms with Gasteiger partial charge in [-0.15, -0.1) is 11.8 Å². The highest BCUT2D eigenvalue weighted by atomic mass is 32.2. The molecule has 8 heteroatoms. The maximum absolute atomic E-state index is 12.2. The number of hydrogen-bond acceptors (Lipinski definition) is 5. The van der Waals surface area contributed by atoms with Crippen LogP contribution in [0.2, 0.25) is 0 Å². The molecule has 1 aliphatic heterocycles. The van der Waals surface area contributed by atoms with Crippen molar-refractivity contribution >= 4 is 29.7 Å². The minimum absolute atomic E-state index is 0.0475. The number of carbonyl (C=O) groups is 3. The predicted octanol–water partition coefficient (Wildman–Crippen LogP) is 1.28. The molecule has 0 aromatic heterocycles. The molecule has 2 N–H and O–H groups in total. The minimum atomic E-state index is -0.978. The smallest absolute Gasteiger partial charge is 0.411 e. The number of ether oxygens (including phenoxy) is 1. The summed E-state index contributed by atoms with van der Waals surface area (Å²) in [5.41, 5.74) is -0.631. The fourth-order valence-corrected chi connectivity index (χ4v) is 3.01. The molecule has 1 saturated heterocycles. The highest BCUT2D eigenvalue weighted by Gasteiger charge is 2.41. The number of aliphatic carboxylic acids is 1. The molecule has 1 heterocycles. The van der Waals surface area contributed by atoms with Gasteiger partial charge >= 0.3 is 12.1 Å². The van der Waals surface area contributed by atoms with Gasteiger partial charge in [-0.3, -0.25) is 14.5 Å². The van der Waals surface area contributed by atoms with Gasteiger partial charge in [-0.25, -0.2) is 4.79 Å². The summed E-state index contributed by atoms with van der Waals surface area (Å²) < 4.78 is 5.31. The number of hydrogen-bond donors (Lipinski definition) is 2. The summed E-state index contributed by atoms with van der Waals surface area (Å²) in [5, 5.41) is 10.9. The van der Waals surface area contributed by atoms with E-state index in [4.69, 9.17) is 9.84 Å². The largest absolute Gasteiger partial charge is 0.481 e. The number of rotatable bonds is 4. The summed E-state index contributed by atoms with van der Waals surface area (Å²) in [7, 11) is 0. The van der Waals surface area contributed by atoms with Crippen LogP contribution in [0.4, 0.5) is 4.79 Å². The van der Waals surface area contributed by atoms with E-state index in [1.165, 1.54) is 16.7 Å². The summed E-state index contributed by atoms with van der Waals surface area (Å²) in [6.07, 6.45) is -0.675. The van der Waals surface area contributed by atoms with Crippen LogP contribution >= 0.6 is 11.8 Å². The molecule has 0 aromatic carbocycles. The third-order valence-electron chi connectivity index (χ3n) is 2.77. The number of amides is 2. The van der Waals surface area contributed by atoms with Crippen molar-refractivity contribution in [2.75, 3.05) is 12.3 Å². The van der Waals surface area contributed by atoms with Crippen LogP contribution in [0.3, 0.4) is 0 Å². The van der Waals surface area contributed by atoms with Gasteiger partial charge in [-0.1, -0.05) is 0 Å². The Kier molecular flexibility index (Phi) is 5.88. The van der Waals surface area contributed by atoms with E-state index < -0.39 is 23.7 Å². The lowest BCUT2D eigenvalue weighted by Crippen LogP contribution is -2.50. The third-order valence-corrected chi connectivity index (χ3v) is 3.99. The van der Waals surface area contributed by atoms with Crippen LogP contribution in [0.5, 0.6) is 0 Å². The minimum Gasteiger partial charge on any atom is -0.481 e. The first-order chi connectivity index (χ1) is 9.61. The zero-order valence-corrected chi connectivity index (χ0v) is 13.5. The number of carbonyl (C=O) groups excluding carboxylic acids is 2. The lowest BCUT2D eigenvalue weighted by Gasteiger charge is -2.30. The van der Waals surface area contributed by atoms with Gasteiger partial charge in [0.05, 0.1) is 11.8 Å². The van der Waals surface area contributed by atoms with E-state index in [-0.39, 0.29) is 24.2 Å². The molecule has 2 unspecified atom stereocenters. The van der Waals surface area contributed by atoms with Gasteiger partial charge in [0.15, 0.2) is 0 Å².